The molecule has 3 heterocycles. The summed E-state index contributed by atoms with van der Waals surface area (Å²) < 4.78 is 35.5. The van der Waals surface area contributed by atoms with E-state index in [-0.39, 0.29) is 6.04 Å². The minimum Gasteiger partial charge on any atom is -0.493 e. The Bertz CT molecular complexity index is 1470. The van der Waals surface area contributed by atoms with Crippen LogP contribution in [-0.2, 0) is 30.5 Å². The van der Waals surface area contributed by atoms with Gasteiger partial charge in [0.2, 0.25) is 11.1 Å². The lowest BCUT2D eigenvalue weighted by Gasteiger charge is -2.40. The molecule has 2 atom stereocenters. The Morgan fingerprint density at radius 2 is 1.64 bits per heavy atom. The first-order chi connectivity index (χ1) is 17.6. The number of aromatic amines is 1. The summed E-state index contributed by atoms with van der Waals surface area (Å²) in [6.07, 6.45) is 1.82. The fourth-order valence-electron chi connectivity index (χ4n) is 5.47. The van der Waals surface area contributed by atoms with Crippen molar-refractivity contribution in [3.05, 3.63) is 77.0 Å². The number of aromatic nitrogens is 1. The van der Waals surface area contributed by atoms with Gasteiger partial charge in [0.1, 0.15) is 0 Å². The number of H-pyrrole nitrogens is 1. The number of methoxy groups -OCH3 is 3. The van der Waals surface area contributed by atoms with E-state index < -0.39 is 11.1 Å². The summed E-state index contributed by atoms with van der Waals surface area (Å²) >= 11 is -1.65. The van der Waals surface area contributed by atoms with Gasteiger partial charge in [-0.25, -0.2) is 4.21 Å². The number of nitrogens with one attached hydrogen (secondary N) is 1. The van der Waals surface area contributed by atoms with E-state index in [9.17, 15) is 4.21 Å². The van der Waals surface area contributed by atoms with Crippen LogP contribution in [0.2, 0.25) is 0 Å². The number of fused-ring (bicyclic) bond motifs is 6. The Morgan fingerprint density at radius 1 is 0.917 bits per heavy atom. The van der Waals surface area contributed by atoms with Crippen LogP contribution in [-0.4, -0.2) is 42.0 Å². The lowest BCUT2D eigenvalue weighted by molar-refractivity contribution is 0.159. The normalized spacial score (nSPS) is 17.6. The van der Waals surface area contributed by atoms with E-state index in [1.807, 2.05) is 30.3 Å². The molecule has 4 aromatic rings. The van der Waals surface area contributed by atoms with Gasteiger partial charge in [0.15, 0.2) is 23.0 Å². The van der Waals surface area contributed by atoms with Crippen LogP contribution in [0.4, 0.5) is 0 Å². The SMILES string of the molecule is COc1cc2c(cc1OC)C1Cc3c([nH]c4cc(OC)c(OS(=O)c5ccccc5)cc34)CN1CC2. The molecule has 0 fully saturated rings. The molecule has 36 heavy (non-hydrogen) atoms. The van der Waals surface area contributed by atoms with Crippen LogP contribution in [0.5, 0.6) is 23.0 Å². The van der Waals surface area contributed by atoms with Crippen molar-refractivity contribution in [2.45, 2.75) is 30.3 Å². The second-order valence-electron chi connectivity index (χ2n) is 9.11. The lowest BCUT2D eigenvalue weighted by atomic mass is 9.85. The number of benzene rings is 3. The summed E-state index contributed by atoms with van der Waals surface area (Å²) in [6.45, 7) is 1.81. The molecule has 0 bridgehead atoms. The standard InChI is InChI=1S/C28H28N2O5S/c1-32-25-11-17-9-10-30-16-23-20(12-24(30)19(17)13-26(25)33-2)21-14-28(27(34-3)15-22(21)29-23)35-36(31)18-7-5-4-6-8-18/h4-8,11,13-15,24,29H,9-10,12,16H2,1-3H3. The average Bonchev–Trinajstić information content (AvgIpc) is 3.27. The molecule has 7 nitrogen and oxygen atoms in total. The van der Waals surface area contributed by atoms with Gasteiger partial charge in [-0.15, -0.1) is 0 Å². The molecule has 0 aliphatic carbocycles. The van der Waals surface area contributed by atoms with Gasteiger partial charge in [-0.2, -0.15) is 0 Å². The number of hydrogen-bond acceptors (Lipinski definition) is 6. The van der Waals surface area contributed by atoms with Gasteiger partial charge in [-0.3, -0.25) is 4.90 Å². The molecule has 0 saturated heterocycles. The number of ether oxygens (including phenoxy) is 3. The Morgan fingerprint density at radius 3 is 2.39 bits per heavy atom. The van der Waals surface area contributed by atoms with E-state index in [2.05, 4.69) is 22.0 Å². The molecule has 2 aliphatic rings. The summed E-state index contributed by atoms with van der Waals surface area (Å²) in [5.41, 5.74) is 6.04. The summed E-state index contributed by atoms with van der Waals surface area (Å²) in [4.78, 5) is 6.73. The van der Waals surface area contributed by atoms with Gasteiger partial charge in [-0.1, -0.05) is 18.2 Å². The van der Waals surface area contributed by atoms with Crippen LogP contribution >= 0.6 is 0 Å². The van der Waals surface area contributed by atoms with E-state index in [0.717, 1.165) is 48.3 Å². The highest BCUT2D eigenvalue weighted by Gasteiger charge is 2.35. The van der Waals surface area contributed by atoms with Crippen LogP contribution in [0, 0.1) is 0 Å². The lowest BCUT2D eigenvalue weighted by Crippen LogP contribution is -2.39. The van der Waals surface area contributed by atoms with Crippen molar-refractivity contribution in [1.82, 2.24) is 9.88 Å². The monoisotopic (exact) mass is 504 g/mol. The van der Waals surface area contributed by atoms with Crippen molar-refractivity contribution in [2.75, 3.05) is 27.9 Å². The second kappa shape index (κ2) is 9.19. The first-order valence-electron chi connectivity index (χ1n) is 11.9. The highest BCUT2D eigenvalue weighted by atomic mass is 32.2. The first-order valence-corrected chi connectivity index (χ1v) is 13.0. The summed E-state index contributed by atoms with van der Waals surface area (Å²) in [6, 6.07) is 17.5. The molecule has 2 unspecified atom stereocenters. The predicted molar refractivity (Wildman–Crippen MR) is 138 cm³/mol. The van der Waals surface area contributed by atoms with E-state index >= 15 is 0 Å². The number of hydrogen-bond donors (Lipinski definition) is 1. The van der Waals surface area contributed by atoms with Crippen molar-refractivity contribution in [3.63, 3.8) is 0 Å². The van der Waals surface area contributed by atoms with Crippen LogP contribution < -0.4 is 18.4 Å². The van der Waals surface area contributed by atoms with Gasteiger partial charge < -0.3 is 23.4 Å². The molecule has 0 amide bonds. The molecular weight excluding hydrogens is 476 g/mol. The summed E-state index contributed by atoms with van der Waals surface area (Å²) in [7, 11) is 4.95. The van der Waals surface area contributed by atoms with E-state index in [4.69, 9.17) is 18.4 Å². The number of rotatable bonds is 6. The molecule has 0 radical (unpaired) electrons. The average molecular weight is 505 g/mol. The molecule has 1 aromatic heterocycles. The third kappa shape index (κ3) is 3.81. The Kier molecular flexibility index (Phi) is 5.85. The highest BCUT2D eigenvalue weighted by molar-refractivity contribution is 7.80. The van der Waals surface area contributed by atoms with Crippen LogP contribution in [0.15, 0.2) is 59.5 Å². The van der Waals surface area contributed by atoms with Gasteiger partial charge >= 0.3 is 0 Å². The maximum absolute atomic E-state index is 12.9. The summed E-state index contributed by atoms with van der Waals surface area (Å²) in [5.74, 6) is 2.54. The molecule has 186 valence electrons. The zero-order valence-electron chi connectivity index (χ0n) is 20.5. The minimum absolute atomic E-state index is 0.241. The van der Waals surface area contributed by atoms with Gasteiger partial charge in [-0.05, 0) is 59.9 Å². The molecule has 2 aliphatic heterocycles. The minimum atomic E-state index is -1.65. The Labute approximate surface area is 212 Å². The third-order valence-corrected chi connectivity index (χ3v) is 8.24. The molecule has 8 heteroatoms. The molecule has 0 spiro atoms. The third-order valence-electron chi connectivity index (χ3n) is 7.25. The van der Waals surface area contributed by atoms with E-state index in [1.54, 1.807) is 33.5 Å². The second-order valence-corrected chi connectivity index (χ2v) is 10.2. The van der Waals surface area contributed by atoms with Crippen molar-refractivity contribution in [2.24, 2.45) is 0 Å². The predicted octanol–water partition coefficient (Wildman–Crippen LogP) is 4.95. The van der Waals surface area contributed by atoms with Crippen molar-refractivity contribution < 1.29 is 22.6 Å². The maximum atomic E-state index is 12.9. The summed E-state index contributed by atoms with van der Waals surface area (Å²) in [5, 5.41) is 1.07. The van der Waals surface area contributed by atoms with Crippen LogP contribution in [0.25, 0.3) is 10.9 Å². The molecule has 1 N–H and O–H groups in total. The topological polar surface area (TPSA) is 73.0 Å². The molecule has 0 saturated carbocycles. The molecule has 3 aromatic carbocycles. The quantitative estimate of drug-likeness (QED) is 0.401. The van der Waals surface area contributed by atoms with Crippen molar-refractivity contribution >= 4 is 22.0 Å². The Hall–Kier alpha value is -3.49. The van der Waals surface area contributed by atoms with E-state index in [1.165, 1.54) is 22.4 Å². The van der Waals surface area contributed by atoms with Gasteiger partial charge in [0.05, 0.1) is 26.2 Å². The fourth-order valence-corrected chi connectivity index (χ4v) is 6.24. The highest BCUT2D eigenvalue weighted by Crippen LogP contribution is 2.45. The van der Waals surface area contributed by atoms with E-state index in [0.29, 0.717) is 16.4 Å². The largest absolute Gasteiger partial charge is 0.493 e. The van der Waals surface area contributed by atoms with Crippen LogP contribution in [0.1, 0.15) is 28.4 Å². The zero-order chi connectivity index (χ0) is 24.8. The zero-order valence-corrected chi connectivity index (χ0v) is 21.3. The molecular formula is C28H28N2O5S. The smallest absolute Gasteiger partial charge is 0.240 e. The van der Waals surface area contributed by atoms with Crippen LogP contribution in [0.3, 0.4) is 0 Å². The van der Waals surface area contributed by atoms with Gasteiger partial charge in [0.25, 0.3) is 0 Å². The van der Waals surface area contributed by atoms with Crippen molar-refractivity contribution in [3.8, 4) is 23.0 Å². The van der Waals surface area contributed by atoms with Gasteiger partial charge in [0, 0.05) is 41.8 Å². The maximum Gasteiger partial charge on any atom is 0.240 e. The Balaban J connectivity index is 1.39. The molecule has 6 rings (SSSR count). The fraction of sp³-hybridized carbons (Fsp3) is 0.286. The van der Waals surface area contributed by atoms with Crippen molar-refractivity contribution in [1.29, 1.82) is 0 Å². The first kappa shape index (κ1) is 22.9. The number of nitrogens with zero attached hydrogens (tertiary/aromatic N) is 1.